The highest BCUT2D eigenvalue weighted by Crippen LogP contribution is 2.11. The van der Waals surface area contributed by atoms with Gasteiger partial charge in [-0.3, -0.25) is 4.79 Å². The van der Waals surface area contributed by atoms with Crippen LogP contribution in [0.2, 0.25) is 0 Å². The third-order valence-corrected chi connectivity index (χ3v) is 3.29. The molecule has 21 heavy (non-hydrogen) atoms. The predicted octanol–water partition coefficient (Wildman–Crippen LogP) is 2.38. The Morgan fingerprint density at radius 2 is 1.71 bits per heavy atom. The van der Waals surface area contributed by atoms with Crippen LogP contribution in [0.3, 0.4) is 0 Å². The first-order valence-corrected chi connectivity index (χ1v) is 6.72. The van der Waals surface area contributed by atoms with E-state index < -0.39 is 0 Å². The zero-order valence-corrected chi connectivity index (χ0v) is 12.4. The molecule has 0 radical (unpaired) electrons. The summed E-state index contributed by atoms with van der Waals surface area (Å²) in [5.74, 6) is -0.473. The molecule has 1 aromatic carbocycles. The van der Waals surface area contributed by atoms with Crippen molar-refractivity contribution in [2.45, 2.75) is 13.0 Å². The van der Waals surface area contributed by atoms with Crippen molar-refractivity contribution < 1.29 is 13.8 Å². The van der Waals surface area contributed by atoms with Gasteiger partial charge in [-0.15, -0.1) is 0 Å². The summed E-state index contributed by atoms with van der Waals surface area (Å²) < 4.78 is 14.7. The molecule has 0 saturated carbocycles. The van der Waals surface area contributed by atoms with E-state index in [1.807, 2.05) is 55.0 Å². The van der Waals surface area contributed by atoms with Gasteiger partial charge in [-0.2, -0.15) is 4.57 Å². The maximum absolute atomic E-state index is 12.8. The van der Waals surface area contributed by atoms with Crippen molar-refractivity contribution in [1.82, 2.24) is 0 Å². The van der Waals surface area contributed by atoms with E-state index in [0.29, 0.717) is 5.69 Å². The van der Waals surface area contributed by atoms with Crippen LogP contribution in [-0.2, 0) is 4.79 Å². The van der Waals surface area contributed by atoms with Crippen LogP contribution in [-0.4, -0.2) is 20.0 Å². The van der Waals surface area contributed by atoms with Crippen LogP contribution in [0.15, 0.2) is 48.8 Å². The van der Waals surface area contributed by atoms with E-state index in [4.69, 9.17) is 0 Å². The van der Waals surface area contributed by atoms with Gasteiger partial charge in [0.2, 0.25) is 6.04 Å². The second-order valence-electron chi connectivity index (χ2n) is 5.07. The van der Waals surface area contributed by atoms with E-state index in [2.05, 4.69) is 5.32 Å². The van der Waals surface area contributed by atoms with Crippen LogP contribution in [0.1, 0.15) is 13.0 Å². The van der Waals surface area contributed by atoms with Crippen molar-refractivity contribution in [2.24, 2.45) is 0 Å². The van der Waals surface area contributed by atoms with Crippen LogP contribution in [0.4, 0.5) is 15.8 Å². The highest BCUT2D eigenvalue weighted by atomic mass is 19.1. The third kappa shape index (κ3) is 3.78. The van der Waals surface area contributed by atoms with Crippen LogP contribution in [0.5, 0.6) is 0 Å². The van der Waals surface area contributed by atoms with Crippen LogP contribution in [0.25, 0.3) is 0 Å². The molecule has 0 bridgehead atoms. The molecule has 2 aromatic rings. The number of anilines is 2. The second-order valence-corrected chi connectivity index (χ2v) is 5.07. The molecule has 1 aromatic heterocycles. The Hall–Kier alpha value is -2.43. The lowest BCUT2D eigenvalue weighted by Crippen LogP contribution is -2.44. The maximum Gasteiger partial charge on any atom is 0.293 e. The fraction of sp³-hybridized carbons (Fsp3) is 0.250. The molecule has 1 atom stereocenters. The topological polar surface area (TPSA) is 36.2 Å². The van der Waals surface area contributed by atoms with E-state index in [0.717, 1.165) is 5.69 Å². The molecule has 4 nitrogen and oxygen atoms in total. The molecule has 2 rings (SSSR count). The Labute approximate surface area is 123 Å². The molecule has 1 N–H and O–H groups in total. The molecule has 0 aliphatic carbocycles. The molecule has 110 valence electrons. The lowest BCUT2D eigenvalue weighted by Gasteiger charge is -2.12. The second kappa shape index (κ2) is 6.35. The largest absolute Gasteiger partial charge is 0.377 e. The van der Waals surface area contributed by atoms with E-state index in [9.17, 15) is 9.18 Å². The summed E-state index contributed by atoms with van der Waals surface area (Å²) in [6.07, 6.45) is 3.73. The third-order valence-electron chi connectivity index (χ3n) is 3.29. The molecule has 0 fully saturated rings. The lowest BCUT2D eigenvalue weighted by molar-refractivity contribution is -0.705. The number of pyridine rings is 1. The van der Waals surface area contributed by atoms with Gasteiger partial charge in [0.05, 0.1) is 0 Å². The number of hydrogen-bond donors (Lipinski definition) is 1. The maximum atomic E-state index is 12.8. The Kier molecular flexibility index (Phi) is 4.52. The van der Waals surface area contributed by atoms with Gasteiger partial charge >= 0.3 is 0 Å². The van der Waals surface area contributed by atoms with Gasteiger partial charge in [0.1, 0.15) is 5.82 Å². The highest BCUT2D eigenvalue weighted by molar-refractivity contribution is 5.92. The average Bonchev–Trinajstić information content (AvgIpc) is 2.49. The number of aromatic nitrogens is 1. The van der Waals surface area contributed by atoms with Gasteiger partial charge in [-0.25, -0.2) is 4.39 Å². The molecular formula is C16H19FN3O+. The molecule has 0 aliphatic rings. The Bertz CT molecular complexity index is 608. The van der Waals surface area contributed by atoms with E-state index >= 15 is 0 Å². The fourth-order valence-corrected chi connectivity index (χ4v) is 1.90. The Morgan fingerprint density at radius 3 is 2.24 bits per heavy atom. The van der Waals surface area contributed by atoms with Crippen molar-refractivity contribution >= 4 is 17.3 Å². The zero-order valence-electron chi connectivity index (χ0n) is 12.4. The predicted molar refractivity (Wildman–Crippen MR) is 80.7 cm³/mol. The fourth-order valence-electron chi connectivity index (χ4n) is 1.90. The number of carbonyl (C=O) groups excluding carboxylic acids is 1. The summed E-state index contributed by atoms with van der Waals surface area (Å²) in [5, 5.41) is 2.77. The first kappa shape index (κ1) is 15.0. The molecule has 0 spiro atoms. The quantitative estimate of drug-likeness (QED) is 0.877. The summed E-state index contributed by atoms with van der Waals surface area (Å²) in [5.41, 5.74) is 1.65. The van der Waals surface area contributed by atoms with Crippen molar-refractivity contribution in [1.29, 1.82) is 0 Å². The minimum atomic E-state index is -0.355. The molecule has 0 saturated heterocycles. The monoisotopic (exact) mass is 288 g/mol. The number of rotatable bonds is 4. The van der Waals surface area contributed by atoms with Crippen LogP contribution >= 0.6 is 0 Å². The number of benzene rings is 1. The summed E-state index contributed by atoms with van der Waals surface area (Å²) in [6.45, 7) is 1.81. The van der Waals surface area contributed by atoms with E-state index in [-0.39, 0.29) is 17.8 Å². The van der Waals surface area contributed by atoms with Crippen molar-refractivity contribution in [2.75, 3.05) is 24.3 Å². The minimum absolute atomic E-state index is 0.149. The van der Waals surface area contributed by atoms with Crippen molar-refractivity contribution in [3.63, 3.8) is 0 Å². The normalized spacial score (nSPS) is 11.8. The Morgan fingerprint density at radius 1 is 1.14 bits per heavy atom. The number of halogens is 1. The van der Waals surface area contributed by atoms with Gasteiger partial charge in [0.25, 0.3) is 5.91 Å². The summed E-state index contributed by atoms with van der Waals surface area (Å²) in [7, 11) is 3.93. The molecule has 1 heterocycles. The molecular weight excluding hydrogens is 269 g/mol. The van der Waals surface area contributed by atoms with Gasteiger partial charge < -0.3 is 10.2 Å². The van der Waals surface area contributed by atoms with Gasteiger partial charge in [0, 0.05) is 44.5 Å². The SMILES string of the molecule is C[C@H](C(=O)Nc1ccc(F)cc1)[n+]1ccc(N(C)C)cc1. The summed E-state index contributed by atoms with van der Waals surface area (Å²) in [4.78, 5) is 14.2. The highest BCUT2D eigenvalue weighted by Gasteiger charge is 2.21. The minimum Gasteiger partial charge on any atom is -0.377 e. The zero-order chi connectivity index (χ0) is 15.4. The first-order chi connectivity index (χ1) is 9.97. The van der Waals surface area contributed by atoms with Crippen molar-refractivity contribution in [3.05, 3.63) is 54.6 Å². The first-order valence-electron chi connectivity index (χ1n) is 6.72. The van der Waals surface area contributed by atoms with Crippen molar-refractivity contribution in [3.8, 4) is 0 Å². The van der Waals surface area contributed by atoms with Gasteiger partial charge in [0.15, 0.2) is 12.4 Å². The lowest BCUT2D eigenvalue weighted by atomic mass is 10.2. The molecule has 0 unspecified atom stereocenters. The summed E-state index contributed by atoms with van der Waals surface area (Å²) >= 11 is 0. The number of nitrogens with one attached hydrogen (secondary N) is 1. The standard InChI is InChI=1S/C16H18FN3O/c1-12(20-10-8-15(9-11-20)19(2)3)16(21)18-14-6-4-13(17)5-7-14/h4-12H,1-3H3/p+1/t12-/m1/s1. The number of nitrogens with zero attached hydrogens (tertiary/aromatic N) is 2. The average molecular weight is 288 g/mol. The molecule has 1 amide bonds. The summed E-state index contributed by atoms with van der Waals surface area (Å²) in [6, 6.07) is 9.26. The number of hydrogen-bond acceptors (Lipinski definition) is 2. The van der Waals surface area contributed by atoms with Crippen LogP contribution in [0, 0.1) is 5.82 Å². The smallest absolute Gasteiger partial charge is 0.293 e. The van der Waals surface area contributed by atoms with E-state index in [1.165, 1.54) is 12.1 Å². The molecule has 0 aliphatic heterocycles. The van der Waals surface area contributed by atoms with Gasteiger partial charge in [-0.05, 0) is 24.3 Å². The number of carbonyl (C=O) groups is 1. The van der Waals surface area contributed by atoms with Crippen LogP contribution < -0.4 is 14.8 Å². The molecule has 5 heteroatoms. The number of amides is 1. The van der Waals surface area contributed by atoms with Gasteiger partial charge in [-0.1, -0.05) is 0 Å². The Balaban J connectivity index is 2.06. The van der Waals surface area contributed by atoms with E-state index in [1.54, 1.807) is 12.1 Å².